The van der Waals surface area contributed by atoms with Crippen molar-refractivity contribution in [2.75, 3.05) is 18.0 Å². The third kappa shape index (κ3) is 4.03. The van der Waals surface area contributed by atoms with E-state index in [1.165, 1.54) is 0 Å². The Labute approximate surface area is 176 Å². The lowest BCUT2D eigenvalue weighted by molar-refractivity contribution is 0.0906. The molecule has 0 saturated carbocycles. The van der Waals surface area contributed by atoms with Gasteiger partial charge in [0.2, 0.25) is 5.95 Å². The first kappa shape index (κ1) is 20.0. The molecule has 4 rings (SSSR count). The van der Waals surface area contributed by atoms with Gasteiger partial charge in [-0.05, 0) is 51.0 Å². The summed E-state index contributed by atoms with van der Waals surface area (Å²) in [5, 5.41) is 0. The van der Waals surface area contributed by atoms with Gasteiger partial charge in [0.1, 0.15) is 0 Å². The van der Waals surface area contributed by atoms with Crippen LogP contribution in [-0.2, 0) is 7.05 Å². The van der Waals surface area contributed by atoms with Crippen LogP contribution in [0, 0.1) is 19.8 Å². The Hall–Kier alpha value is -3.28. The largest absolute Gasteiger partial charge is 0.341 e. The fraction of sp³-hybridized carbons (Fsp3) is 0.333. The number of benzene rings is 1. The molecular formula is C24H26N4O2. The minimum Gasteiger partial charge on any atom is -0.341 e. The first-order valence-corrected chi connectivity index (χ1v) is 10.3. The van der Waals surface area contributed by atoms with E-state index in [1.807, 2.05) is 38.1 Å². The van der Waals surface area contributed by atoms with E-state index >= 15 is 0 Å². The van der Waals surface area contributed by atoms with Gasteiger partial charge < -0.3 is 4.90 Å². The van der Waals surface area contributed by atoms with Crippen molar-refractivity contribution in [1.29, 1.82) is 0 Å². The van der Waals surface area contributed by atoms with Gasteiger partial charge in [-0.2, -0.15) is 0 Å². The van der Waals surface area contributed by atoms with Crippen LogP contribution in [0.4, 0.5) is 5.95 Å². The van der Waals surface area contributed by atoms with Crippen molar-refractivity contribution in [1.82, 2.24) is 14.5 Å². The highest BCUT2D eigenvalue weighted by atomic mass is 16.1. The summed E-state index contributed by atoms with van der Waals surface area (Å²) in [7, 11) is 1.73. The number of ketones is 1. The first-order valence-electron chi connectivity index (χ1n) is 10.3. The van der Waals surface area contributed by atoms with Crippen LogP contribution < -0.4 is 10.5 Å². The number of anilines is 1. The molecule has 3 heterocycles. The van der Waals surface area contributed by atoms with E-state index in [0.29, 0.717) is 18.2 Å². The van der Waals surface area contributed by atoms with Crippen LogP contribution in [0.3, 0.4) is 0 Å². The highest BCUT2D eigenvalue weighted by molar-refractivity contribution is 5.98. The maximum atomic E-state index is 13.2. The van der Waals surface area contributed by atoms with Gasteiger partial charge in [0.05, 0.1) is 5.69 Å². The highest BCUT2D eigenvalue weighted by Gasteiger charge is 2.29. The summed E-state index contributed by atoms with van der Waals surface area (Å²) < 4.78 is 1.56. The summed E-state index contributed by atoms with van der Waals surface area (Å²) >= 11 is 0. The number of aryl methyl sites for hydroxylation is 2. The number of carbonyl (C=O) groups excluding carboxylic acids is 1. The van der Waals surface area contributed by atoms with Gasteiger partial charge in [0.15, 0.2) is 5.78 Å². The lowest BCUT2D eigenvalue weighted by Gasteiger charge is -2.33. The van der Waals surface area contributed by atoms with Crippen LogP contribution in [0.5, 0.6) is 0 Å². The molecule has 0 N–H and O–H groups in total. The normalized spacial score (nSPS) is 16.5. The van der Waals surface area contributed by atoms with E-state index in [1.54, 1.807) is 30.1 Å². The number of piperidine rings is 1. The molecule has 0 radical (unpaired) electrons. The fourth-order valence-corrected chi connectivity index (χ4v) is 4.21. The van der Waals surface area contributed by atoms with Crippen LogP contribution in [-0.4, -0.2) is 33.4 Å². The molecule has 0 spiro atoms. The van der Waals surface area contributed by atoms with Gasteiger partial charge in [-0.1, -0.05) is 17.2 Å². The molecule has 154 valence electrons. The zero-order valence-corrected chi connectivity index (χ0v) is 17.6. The predicted molar refractivity (Wildman–Crippen MR) is 118 cm³/mol. The maximum Gasteiger partial charge on any atom is 0.255 e. The molecular weight excluding hydrogens is 376 g/mol. The summed E-state index contributed by atoms with van der Waals surface area (Å²) in [4.78, 5) is 36.7. The Kier molecular flexibility index (Phi) is 5.48. The number of aromatic nitrogens is 3. The van der Waals surface area contributed by atoms with Crippen LogP contribution >= 0.6 is 0 Å². The standard InChI is InChI=1S/C24H26N4O2/c1-16-11-17(2)13-20(12-16)23(30)19-5-4-10-28(15-19)24-26-21(14-22(29)27(24)3)18-6-8-25-9-7-18/h6-9,11-14,19H,4-5,10,15H2,1-3H3. The average molecular weight is 402 g/mol. The second-order valence-corrected chi connectivity index (χ2v) is 8.10. The molecule has 1 aliphatic rings. The first-order chi connectivity index (χ1) is 14.4. The quantitative estimate of drug-likeness (QED) is 0.624. The van der Waals surface area contributed by atoms with E-state index in [-0.39, 0.29) is 17.3 Å². The molecule has 3 aromatic rings. The van der Waals surface area contributed by atoms with Gasteiger partial charge in [-0.25, -0.2) is 4.98 Å². The minimum absolute atomic E-state index is 0.110. The molecule has 6 nitrogen and oxygen atoms in total. The lowest BCUT2D eigenvalue weighted by atomic mass is 9.89. The van der Waals surface area contributed by atoms with Crippen molar-refractivity contribution < 1.29 is 4.79 Å². The molecule has 0 aliphatic carbocycles. The summed E-state index contributed by atoms with van der Waals surface area (Å²) in [5.41, 5.74) is 4.32. The van der Waals surface area contributed by atoms with Crippen molar-refractivity contribution >= 4 is 11.7 Å². The topological polar surface area (TPSA) is 68.1 Å². The van der Waals surface area contributed by atoms with E-state index < -0.39 is 0 Å². The van der Waals surface area contributed by atoms with Gasteiger partial charge in [0.25, 0.3) is 5.56 Å². The van der Waals surface area contributed by atoms with Gasteiger partial charge in [-0.3, -0.25) is 19.1 Å². The molecule has 1 fully saturated rings. The van der Waals surface area contributed by atoms with Gasteiger partial charge >= 0.3 is 0 Å². The van der Waals surface area contributed by atoms with Crippen LogP contribution in [0.1, 0.15) is 34.3 Å². The SMILES string of the molecule is Cc1cc(C)cc(C(=O)C2CCCN(c3nc(-c4ccncc4)cc(=O)n3C)C2)c1. The smallest absolute Gasteiger partial charge is 0.255 e. The van der Waals surface area contributed by atoms with E-state index in [0.717, 1.165) is 41.6 Å². The lowest BCUT2D eigenvalue weighted by Crippen LogP contribution is -2.42. The van der Waals surface area contributed by atoms with Gasteiger partial charge in [0, 0.05) is 55.6 Å². The van der Waals surface area contributed by atoms with Crippen LogP contribution in [0.25, 0.3) is 11.3 Å². The van der Waals surface area contributed by atoms with E-state index in [4.69, 9.17) is 4.98 Å². The number of rotatable bonds is 4. The van der Waals surface area contributed by atoms with Crippen molar-refractivity contribution in [3.05, 3.63) is 75.8 Å². The fourth-order valence-electron chi connectivity index (χ4n) is 4.21. The third-order valence-corrected chi connectivity index (χ3v) is 5.67. The molecule has 0 bridgehead atoms. The van der Waals surface area contributed by atoms with Crippen molar-refractivity contribution in [2.24, 2.45) is 13.0 Å². The Morgan fingerprint density at radius 2 is 1.77 bits per heavy atom. The van der Waals surface area contributed by atoms with Crippen molar-refractivity contribution in [3.63, 3.8) is 0 Å². The van der Waals surface area contributed by atoms with E-state index in [2.05, 4.69) is 16.0 Å². The molecule has 2 aromatic heterocycles. The number of pyridine rings is 1. The minimum atomic E-state index is -0.116. The molecule has 1 aliphatic heterocycles. The molecule has 1 aromatic carbocycles. The van der Waals surface area contributed by atoms with Crippen molar-refractivity contribution in [3.8, 4) is 11.3 Å². The second kappa shape index (κ2) is 8.22. The number of nitrogens with zero attached hydrogens (tertiary/aromatic N) is 4. The Morgan fingerprint density at radius 3 is 2.47 bits per heavy atom. The predicted octanol–water partition coefficient (Wildman–Crippen LogP) is 3.56. The zero-order chi connectivity index (χ0) is 21.3. The molecule has 1 saturated heterocycles. The second-order valence-electron chi connectivity index (χ2n) is 8.10. The molecule has 30 heavy (non-hydrogen) atoms. The van der Waals surface area contributed by atoms with Crippen LogP contribution in [0.2, 0.25) is 0 Å². The number of Topliss-reactive ketones (excluding diaryl/α,β-unsaturated/α-hetero) is 1. The summed E-state index contributed by atoms with van der Waals surface area (Å²) in [5.74, 6) is 0.662. The van der Waals surface area contributed by atoms with Gasteiger partial charge in [-0.15, -0.1) is 0 Å². The summed E-state index contributed by atoms with van der Waals surface area (Å²) in [6, 6.07) is 11.2. The monoisotopic (exact) mass is 402 g/mol. The molecule has 6 heteroatoms. The molecule has 0 amide bonds. The molecule has 1 atom stereocenters. The summed E-state index contributed by atoms with van der Waals surface area (Å²) in [6.45, 7) is 5.37. The highest BCUT2D eigenvalue weighted by Crippen LogP contribution is 2.26. The maximum absolute atomic E-state index is 13.2. The number of hydrogen-bond donors (Lipinski definition) is 0. The zero-order valence-electron chi connectivity index (χ0n) is 17.6. The molecule has 1 unspecified atom stereocenters. The third-order valence-electron chi connectivity index (χ3n) is 5.67. The number of carbonyl (C=O) groups is 1. The van der Waals surface area contributed by atoms with E-state index in [9.17, 15) is 9.59 Å². The van der Waals surface area contributed by atoms with Crippen molar-refractivity contribution in [2.45, 2.75) is 26.7 Å². The Morgan fingerprint density at radius 1 is 1.07 bits per heavy atom. The van der Waals surface area contributed by atoms with Crippen LogP contribution in [0.15, 0.2) is 53.6 Å². The Bertz CT molecular complexity index is 1120. The average Bonchev–Trinajstić information content (AvgIpc) is 2.75. The number of hydrogen-bond acceptors (Lipinski definition) is 5. The summed E-state index contributed by atoms with van der Waals surface area (Å²) in [6.07, 6.45) is 5.11. The Balaban J connectivity index is 1.64.